The van der Waals surface area contributed by atoms with E-state index in [-0.39, 0.29) is 0 Å². The van der Waals surface area contributed by atoms with Gasteiger partial charge in [-0.1, -0.05) is 18.2 Å². The van der Waals surface area contributed by atoms with Crippen LogP contribution >= 0.6 is 0 Å². The Morgan fingerprint density at radius 1 is 1.18 bits per heavy atom. The second kappa shape index (κ2) is 5.13. The van der Waals surface area contributed by atoms with Crippen LogP contribution in [0.25, 0.3) is 10.9 Å². The first-order chi connectivity index (χ1) is 10.7. The van der Waals surface area contributed by atoms with Gasteiger partial charge in [0.2, 0.25) is 0 Å². The molecule has 1 fully saturated rings. The lowest BCUT2D eigenvalue weighted by atomic mass is 10.1. The molecule has 0 saturated carbocycles. The van der Waals surface area contributed by atoms with Crippen LogP contribution in [0.15, 0.2) is 42.7 Å². The van der Waals surface area contributed by atoms with Crippen molar-refractivity contribution >= 4 is 16.7 Å². The largest absolute Gasteiger partial charge is 0.354 e. The number of pyridine rings is 1. The van der Waals surface area contributed by atoms with Gasteiger partial charge in [0.1, 0.15) is 5.82 Å². The molecule has 0 aliphatic carbocycles. The fourth-order valence-electron chi connectivity index (χ4n) is 3.29. The van der Waals surface area contributed by atoms with Crippen LogP contribution in [0.5, 0.6) is 0 Å². The van der Waals surface area contributed by atoms with E-state index < -0.39 is 0 Å². The van der Waals surface area contributed by atoms with Gasteiger partial charge in [-0.3, -0.25) is 4.68 Å². The smallest absolute Gasteiger partial charge is 0.129 e. The normalized spacial score (nSPS) is 18.3. The van der Waals surface area contributed by atoms with Gasteiger partial charge in [0.05, 0.1) is 17.8 Å². The Morgan fingerprint density at radius 3 is 2.86 bits per heavy atom. The van der Waals surface area contributed by atoms with Gasteiger partial charge in [-0.15, -0.1) is 0 Å². The molecule has 3 aromatic rings. The highest BCUT2D eigenvalue weighted by Gasteiger charge is 2.25. The summed E-state index contributed by atoms with van der Waals surface area (Å²) >= 11 is 0. The molecule has 22 heavy (non-hydrogen) atoms. The lowest BCUT2D eigenvalue weighted by molar-refractivity contribution is 0.494. The highest BCUT2D eigenvalue weighted by Crippen LogP contribution is 2.28. The summed E-state index contributed by atoms with van der Waals surface area (Å²) in [6.45, 7) is 6.27. The molecule has 1 aromatic carbocycles. The fraction of sp³-hybridized carbons (Fsp3) is 0.333. The van der Waals surface area contributed by atoms with Gasteiger partial charge < -0.3 is 4.90 Å². The minimum absolute atomic E-state index is 0.447. The van der Waals surface area contributed by atoms with Crippen molar-refractivity contribution in [3.05, 3.63) is 53.9 Å². The molecule has 1 atom stereocenters. The topological polar surface area (TPSA) is 34.0 Å². The zero-order valence-corrected chi connectivity index (χ0v) is 13.0. The number of benzene rings is 1. The number of aromatic nitrogens is 3. The van der Waals surface area contributed by atoms with Crippen molar-refractivity contribution in [1.82, 2.24) is 14.8 Å². The van der Waals surface area contributed by atoms with E-state index in [1.54, 1.807) is 0 Å². The van der Waals surface area contributed by atoms with Gasteiger partial charge in [0.15, 0.2) is 0 Å². The molecule has 112 valence electrons. The summed E-state index contributed by atoms with van der Waals surface area (Å²) in [6, 6.07) is 11.0. The third-order valence-electron chi connectivity index (χ3n) is 4.50. The third kappa shape index (κ3) is 2.25. The number of hydrogen-bond acceptors (Lipinski definition) is 3. The molecule has 0 radical (unpaired) electrons. The number of anilines is 1. The van der Waals surface area contributed by atoms with E-state index in [9.17, 15) is 0 Å². The van der Waals surface area contributed by atoms with E-state index in [1.165, 1.54) is 16.5 Å². The number of hydrogen-bond donors (Lipinski definition) is 0. The summed E-state index contributed by atoms with van der Waals surface area (Å²) in [5.74, 6) is 1.09. The number of nitrogens with zero attached hydrogens (tertiary/aromatic N) is 4. The second-order valence-electron chi connectivity index (χ2n) is 6.20. The van der Waals surface area contributed by atoms with Crippen LogP contribution in [0, 0.1) is 13.8 Å². The molecule has 3 heterocycles. The van der Waals surface area contributed by atoms with Crippen molar-refractivity contribution in [2.45, 2.75) is 26.3 Å². The predicted molar refractivity (Wildman–Crippen MR) is 89.3 cm³/mol. The Hall–Kier alpha value is -2.36. The van der Waals surface area contributed by atoms with Crippen molar-refractivity contribution < 1.29 is 0 Å². The van der Waals surface area contributed by atoms with Crippen LogP contribution in [-0.2, 0) is 0 Å². The van der Waals surface area contributed by atoms with E-state index >= 15 is 0 Å². The SMILES string of the molecule is Cc1cnn(C2CCN(c3cc(C)c4ccccc4n3)C2)c1. The van der Waals surface area contributed by atoms with Crippen molar-refractivity contribution in [3.8, 4) is 0 Å². The summed E-state index contributed by atoms with van der Waals surface area (Å²) in [5.41, 5.74) is 3.59. The molecule has 4 heteroatoms. The van der Waals surface area contributed by atoms with E-state index in [4.69, 9.17) is 4.98 Å². The van der Waals surface area contributed by atoms with Crippen molar-refractivity contribution in [1.29, 1.82) is 0 Å². The zero-order chi connectivity index (χ0) is 15.1. The first-order valence-electron chi connectivity index (χ1n) is 7.83. The van der Waals surface area contributed by atoms with Crippen LogP contribution < -0.4 is 4.90 Å². The highest BCUT2D eigenvalue weighted by molar-refractivity contribution is 5.83. The van der Waals surface area contributed by atoms with Crippen LogP contribution in [0.2, 0.25) is 0 Å². The average Bonchev–Trinajstić information content (AvgIpc) is 3.16. The summed E-state index contributed by atoms with van der Waals surface area (Å²) in [4.78, 5) is 7.22. The molecule has 1 aliphatic rings. The maximum atomic E-state index is 4.85. The Labute approximate surface area is 130 Å². The Morgan fingerprint density at radius 2 is 2.05 bits per heavy atom. The molecule has 4 rings (SSSR count). The first kappa shape index (κ1) is 13.3. The number of fused-ring (bicyclic) bond motifs is 1. The molecule has 0 N–H and O–H groups in total. The molecule has 1 saturated heterocycles. The van der Waals surface area contributed by atoms with Gasteiger partial charge in [0.25, 0.3) is 0 Å². The molecule has 0 amide bonds. The maximum Gasteiger partial charge on any atom is 0.129 e. The molecule has 4 nitrogen and oxygen atoms in total. The molecular weight excluding hydrogens is 272 g/mol. The van der Waals surface area contributed by atoms with Gasteiger partial charge in [0, 0.05) is 24.7 Å². The van der Waals surface area contributed by atoms with Gasteiger partial charge in [-0.25, -0.2) is 4.98 Å². The maximum absolute atomic E-state index is 4.85. The summed E-state index contributed by atoms with van der Waals surface area (Å²) in [7, 11) is 0. The van der Waals surface area contributed by atoms with Crippen molar-refractivity contribution in [3.63, 3.8) is 0 Å². The fourth-order valence-corrected chi connectivity index (χ4v) is 3.29. The summed E-state index contributed by atoms with van der Waals surface area (Å²) in [6.07, 6.45) is 5.18. The van der Waals surface area contributed by atoms with Crippen molar-refractivity contribution in [2.75, 3.05) is 18.0 Å². The van der Waals surface area contributed by atoms with Crippen molar-refractivity contribution in [2.24, 2.45) is 0 Å². The minimum atomic E-state index is 0.447. The molecule has 0 spiro atoms. The third-order valence-corrected chi connectivity index (χ3v) is 4.50. The standard InChI is InChI=1S/C18H20N4/c1-13-10-19-22(11-13)15-7-8-21(12-15)18-9-14(2)16-5-3-4-6-17(16)20-18/h3-6,9-11,15H,7-8,12H2,1-2H3. The molecular formula is C18H20N4. The Balaban J connectivity index is 1.63. The van der Waals surface area contributed by atoms with E-state index in [2.05, 4.69) is 65.1 Å². The quantitative estimate of drug-likeness (QED) is 0.725. The molecule has 1 aliphatic heterocycles. The predicted octanol–water partition coefficient (Wildman–Crippen LogP) is 3.50. The van der Waals surface area contributed by atoms with E-state index in [0.717, 1.165) is 30.8 Å². The summed E-state index contributed by atoms with van der Waals surface area (Å²) in [5, 5.41) is 5.70. The number of para-hydroxylation sites is 1. The van der Waals surface area contributed by atoms with Crippen LogP contribution in [-0.4, -0.2) is 27.9 Å². The minimum Gasteiger partial charge on any atom is -0.354 e. The summed E-state index contributed by atoms with van der Waals surface area (Å²) < 4.78 is 2.10. The number of rotatable bonds is 2. The zero-order valence-electron chi connectivity index (χ0n) is 13.0. The molecule has 2 aromatic heterocycles. The van der Waals surface area contributed by atoms with Crippen LogP contribution in [0.1, 0.15) is 23.6 Å². The van der Waals surface area contributed by atoms with Crippen LogP contribution in [0.4, 0.5) is 5.82 Å². The van der Waals surface area contributed by atoms with E-state index in [0.29, 0.717) is 6.04 Å². The van der Waals surface area contributed by atoms with Gasteiger partial charge in [-0.2, -0.15) is 5.10 Å². The lowest BCUT2D eigenvalue weighted by Crippen LogP contribution is -2.22. The molecule has 1 unspecified atom stereocenters. The van der Waals surface area contributed by atoms with E-state index in [1.807, 2.05) is 6.20 Å². The highest BCUT2D eigenvalue weighted by atomic mass is 15.3. The molecule has 0 bridgehead atoms. The Bertz CT molecular complexity index is 821. The monoisotopic (exact) mass is 292 g/mol. The lowest BCUT2D eigenvalue weighted by Gasteiger charge is -2.19. The average molecular weight is 292 g/mol. The first-order valence-corrected chi connectivity index (χ1v) is 7.83. The number of aryl methyl sites for hydroxylation is 2. The second-order valence-corrected chi connectivity index (χ2v) is 6.20. The van der Waals surface area contributed by atoms with Gasteiger partial charge >= 0.3 is 0 Å². The Kier molecular flexibility index (Phi) is 3.10. The van der Waals surface area contributed by atoms with Gasteiger partial charge in [-0.05, 0) is 43.5 Å². The van der Waals surface area contributed by atoms with Crippen LogP contribution in [0.3, 0.4) is 0 Å².